The number of carbonyl (C=O) groups excluding carboxylic acids is 1. The first-order chi connectivity index (χ1) is 14.5. The minimum Gasteiger partial charge on any atom is -0.340 e. The van der Waals surface area contributed by atoms with Crippen LogP contribution in [0.15, 0.2) is 82.1 Å². The van der Waals surface area contributed by atoms with Crippen molar-refractivity contribution in [3.8, 4) is 0 Å². The summed E-state index contributed by atoms with van der Waals surface area (Å²) in [6.45, 7) is 0. The van der Waals surface area contributed by atoms with E-state index in [1.165, 1.54) is 13.1 Å². The van der Waals surface area contributed by atoms with Crippen molar-refractivity contribution in [3.63, 3.8) is 0 Å². The Bertz CT molecular complexity index is 1310. The summed E-state index contributed by atoms with van der Waals surface area (Å²) in [5.74, 6) is -0.949. The van der Waals surface area contributed by atoms with Crippen LogP contribution in [0.4, 0.5) is 4.39 Å². The number of nitrogens with zero attached hydrogens (tertiary/aromatic N) is 2. The maximum atomic E-state index is 14.8. The second-order valence-electron chi connectivity index (χ2n) is 6.81. The summed E-state index contributed by atoms with van der Waals surface area (Å²) in [7, 11) is 1.49. The molecule has 1 N–H and O–H groups in total. The van der Waals surface area contributed by atoms with Gasteiger partial charge in [0.1, 0.15) is 5.82 Å². The molecule has 150 valence electrons. The van der Waals surface area contributed by atoms with E-state index in [9.17, 15) is 14.0 Å². The Kier molecular flexibility index (Phi) is 5.46. The minimum absolute atomic E-state index is 0.103. The molecule has 4 rings (SSSR count). The van der Waals surface area contributed by atoms with Crippen LogP contribution >= 0.6 is 15.9 Å². The van der Waals surface area contributed by atoms with E-state index >= 15 is 0 Å². The predicted octanol–water partition coefficient (Wildman–Crippen LogP) is 4.35. The fourth-order valence-electron chi connectivity index (χ4n) is 3.39. The lowest BCUT2D eigenvalue weighted by molar-refractivity contribution is 0.0937. The van der Waals surface area contributed by atoms with E-state index in [0.29, 0.717) is 20.8 Å². The first-order valence-electron chi connectivity index (χ1n) is 9.22. The van der Waals surface area contributed by atoms with Gasteiger partial charge in [-0.3, -0.25) is 9.59 Å². The van der Waals surface area contributed by atoms with Crippen molar-refractivity contribution in [1.82, 2.24) is 15.1 Å². The van der Waals surface area contributed by atoms with Crippen molar-refractivity contribution < 1.29 is 9.18 Å². The maximum absolute atomic E-state index is 14.8. The van der Waals surface area contributed by atoms with Crippen molar-refractivity contribution in [2.45, 2.75) is 6.04 Å². The van der Waals surface area contributed by atoms with Crippen molar-refractivity contribution >= 4 is 32.6 Å². The van der Waals surface area contributed by atoms with Gasteiger partial charge in [-0.15, -0.1) is 0 Å². The van der Waals surface area contributed by atoms with Gasteiger partial charge in [0, 0.05) is 22.5 Å². The fourth-order valence-corrected chi connectivity index (χ4v) is 3.72. The molecule has 0 aliphatic rings. The van der Waals surface area contributed by atoms with E-state index in [2.05, 4.69) is 26.3 Å². The van der Waals surface area contributed by atoms with E-state index < -0.39 is 17.8 Å². The quantitative estimate of drug-likeness (QED) is 0.487. The number of nitrogens with one attached hydrogen (secondary N) is 1. The van der Waals surface area contributed by atoms with E-state index in [0.717, 1.165) is 10.2 Å². The van der Waals surface area contributed by atoms with Gasteiger partial charge in [-0.1, -0.05) is 70.5 Å². The number of rotatable bonds is 4. The van der Waals surface area contributed by atoms with Gasteiger partial charge in [0.15, 0.2) is 5.69 Å². The molecule has 7 heteroatoms. The Morgan fingerprint density at radius 1 is 1.03 bits per heavy atom. The molecular weight excluding hydrogens is 449 g/mol. The zero-order valence-electron chi connectivity index (χ0n) is 16.0. The summed E-state index contributed by atoms with van der Waals surface area (Å²) in [6.07, 6.45) is 0. The lowest BCUT2D eigenvalue weighted by Gasteiger charge is -2.21. The van der Waals surface area contributed by atoms with Crippen LogP contribution in [0.2, 0.25) is 0 Å². The number of amides is 1. The van der Waals surface area contributed by atoms with Gasteiger partial charge < -0.3 is 5.32 Å². The molecule has 0 saturated carbocycles. The molecule has 1 amide bonds. The van der Waals surface area contributed by atoms with Crippen LogP contribution in [0.5, 0.6) is 0 Å². The highest BCUT2D eigenvalue weighted by Crippen LogP contribution is 2.27. The Morgan fingerprint density at radius 2 is 1.70 bits per heavy atom. The molecule has 1 aromatic heterocycles. The molecule has 0 spiro atoms. The average Bonchev–Trinajstić information content (AvgIpc) is 2.75. The highest BCUT2D eigenvalue weighted by molar-refractivity contribution is 9.10. The van der Waals surface area contributed by atoms with Gasteiger partial charge in [-0.2, -0.15) is 5.10 Å². The van der Waals surface area contributed by atoms with E-state index in [1.807, 2.05) is 30.3 Å². The van der Waals surface area contributed by atoms with Gasteiger partial charge in [-0.25, -0.2) is 9.07 Å². The molecule has 0 bridgehead atoms. The summed E-state index contributed by atoms with van der Waals surface area (Å²) in [5.41, 5.74) is 0.861. The van der Waals surface area contributed by atoms with Crippen molar-refractivity contribution in [2.24, 2.45) is 7.05 Å². The highest BCUT2D eigenvalue weighted by atomic mass is 79.9. The second-order valence-corrected chi connectivity index (χ2v) is 7.72. The van der Waals surface area contributed by atoms with Crippen LogP contribution in [-0.2, 0) is 7.05 Å². The van der Waals surface area contributed by atoms with Gasteiger partial charge in [0.25, 0.3) is 11.5 Å². The second kappa shape index (κ2) is 8.20. The first-order valence-corrected chi connectivity index (χ1v) is 10.0. The monoisotopic (exact) mass is 465 g/mol. The number of halogens is 2. The fraction of sp³-hybridized carbons (Fsp3) is 0.0870. The number of carbonyl (C=O) groups is 1. The Morgan fingerprint density at radius 3 is 2.40 bits per heavy atom. The zero-order chi connectivity index (χ0) is 21.3. The molecular formula is C23H17BrFN3O2. The van der Waals surface area contributed by atoms with E-state index in [-0.39, 0.29) is 11.3 Å². The van der Waals surface area contributed by atoms with Crippen molar-refractivity contribution in [2.75, 3.05) is 0 Å². The number of aromatic nitrogens is 2. The molecule has 1 heterocycles. The maximum Gasteiger partial charge on any atom is 0.274 e. The predicted molar refractivity (Wildman–Crippen MR) is 117 cm³/mol. The van der Waals surface area contributed by atoms with Crippen LogP contribution in [0, 0.1) is 5.82 Å². The molecule has 0 unspecified atom stereocenters. The SMILES string of the molecule is Cn1nc(C(=O)N[C@H](c2ccccc2)c2ccc(Br)cc2F)c2ccccc2c1=O. The third-order valence-electron chi connectivity index (χ3n) is 4.85. The van der Waals surface area contributed by atoms with Crippen molar-refractivity contribution in [3.05, 3.63) is 110 Å². The first kappa shape index (κ1) is 20.0. The summed E-state index contributed by atoms with van der Waals surface area (Å²) in [6, 6.07) is 19.9. The zero-order valence-corrected chi connectivity index (χ0v) is 17.6. The van der Waals surface area contributed by atoms with E-state index in [1.54, 1.807) is 36.4 Å². The highest BCUT2D eigenvalue weighted by Gasteiger charge is 2.23. The van der Waals surface area contributed by atoms with Gasteiger partial charge in [0.2, 0.25) is 0 Å². The summed E-state index contributed by atoms with van der Waals surface area (Å²) < 4.78 is 16.5. The normalized spacial score (nSPS) is 12.0. The number of benzene rings is 3. The molecule has 3 aromatic carbocycles. The third kappa shape index (κ3) is 3.76. The molecule has 5 nitrogen and oxygen atoms in total. The topological polar surface area (TPSA) is 64.0 Å². The number of hydrogen-bond acceptors (Lipinski definition) is 3. The third-order valence-corrected chi connectivity index (χ3v) is 5.35. The molecule has 0 fully saturated rings. The van der Waals surface area contributed by atoms with Crippen LogP contribution in [-0.4, -0.2) is 15.7 Å². The minimum atomic E-state index is -0.732. The lowest BCUT2D eigenvalue weighted by Crippen LogP contribution is -2.33. The molecule has 1 atom stereocenters. The molecule has 0 radical (unpaired) electrons. The van der Waals surface area contributed by atoms with Crippen LogP contribution < -0.4 is 10.9 Å². The molecule has 0 saturated heterocycles. The smallest absolute Gasteiger partial charge is 0.274 e. The largest absolute Gasteiger partial charge is 0.340 e. The number of aryl methyl sites for hydroxylation is 1. The summed E-state index contributed by atoms with van der Waals surface area (Å²) >= 11 is 3.26. The summed E-state index contributed by atoms with van der Waals surface area (Å²) in [4.78, 5) is 25.6. The number of fused-ring (bicyclic) bond motifs is 1. The summed E-state index contributed by atoms with van der Waals surface area (Å²) in [5, 5.41) is 7.90. The molecule has 0 aliphatic heterocycles. The Hall–Kier alpha value is -3.32. The number of hydrogen-bond donors (Lipinski definition) is 1. The average molecular weight is 466 g/mol. The molecule has 4 aromatic rings. The van der Waals surface area contributed by atoms with Crippen LogP contribution in [0.1, 0.15) is 27.7 Å². The Balaban J connectivity index is 1.81. The molecule has 30 heavy (non-hydrogen) atoms. The van der Waals surface area contributed by atoms with E-state index in [4.69, 9.17) is 0 Å². The Labute approximate surface area is 180 Å². The van der Waals surface area contributed by atoms with Crippen LogP contribution in [0.3, 0.4) is 0 Å². The van der Waals surface area contributed by atoms with Gasteiger partial charge in [-0.05, 0) is 23.8 Å². The van der Waals surface area contributed by atoms with Crippen molar-refractivity contribution in [1.29, 1.82) is 0 Å². The standard InChI is InChI=1S/C23H17BrFN3O2/c1-28-23(30)17-10-6-5-9-16(17)21(27-28)22(29)26-20(14-7-3-2-4-8-14)18-12-11-15(24)13-19(18)25/h2-13,20H,1H3,(H,26,29)/t20-/m1/s1. The van der Waals surface area contributed by atoms with Gasteiger partial charge >= 0.3 is 0 Å². The lowest BCUT2D eigenvalue weighted by atomic mass is 9.97. The molecule has 0 aliphatic carbocycles. The van der Waals surface area contributed by atoms with Gasteiger partial charge in [0.05, 0.1) is 11.4 Å². The van der Waals surface area contributed by atoms with Crippen LogP contribution in [0.25, 0.3) is 10.8 Å².